The van der Waals surface area contributed by atoms with Gasteiger partial charge in [0, 0.05) is 23.5 Å². The van der Waals surface area contributed by atoms with E-state index in [0.717, 1.165) is 11.3 Å². The zero-order valence-corrected chi connectivity index (χ0v) is 16.7. The molecule has 0 amide bonds. The quantitative estimate of drug-likeness (QED) is 0.427. The standard InChI is InChI=1S/C25H25N2/c1-16-12-17(2)19(4)24(13-16)25-23-9-8-20(14-21(23)10-11-27(25)5)22-7-6-18(3)26-15-22/h6-15H,1-5H3/q+1. The van der Waals surface area contributed by atoms with Crippen molar-refractivity contribution in [3.8, 4) is 22.4 Å². The van der Waals surface area contributed by atoms with Crippen LogP contribution in [0.3, 0.4) is 0 Å². The lowest BCUT2D eigenvalue weighted by Gasteiger charge is -2.12. The molecule has 0 aliphatic carbocycles. The molecule has 27 heavy (non-hydrogen) atoms. The molecule has 4 rings (SSSR count). The van der Waals surface area contributed by atoms with Gasteiger partial charge in [-0.25, -0.2) is 4.57 Å². The van der Waals surface area contributed by atoms with Crippen LogP contribution < -0.4 is 4.57 Å². The van der Waals surface area contributed by atoms with Crippen molar-refractivity contribution in [2.75, 3.05) is 0 Å². The number of fused-ring (bicyclic) bond motifs is 1. The number of rotatable bonds is 2. The van der Waals surface area contributed by atoms with E-state index in [-0.39, 0.29) is 0 Å². The fourth-order valence-electron chi connectivity index (χ4n) is 3.81. The Labute approximate surface area is 161 Å². The van der Waals surface area contributed by atoms with Crippen LogP contribution in [-0.4, -0.2) is 4.98 Å². The monoisotopic (exact) mass is 353 g/mol. The van der Waals surface area contributed by atoms with Crippen LogP contribution in [0.15, 0.2) is 60.9 Å². The number of nitrogens with zero attached hydrogens (tertiary/aromatic N) is 2. The van der Waals surface area contributed by atoms with Crippen LogP contribution in [0.2, 0.25) is 0 Å². The highest BCUT2D eigenvalue weighted by Crippen LogP contribution is 2.32. The van der Waals surface area contributed by atoms with Crippen molar-refractivity contribution in [3.63, 3.8) is 0 Å². The summed E-state index contributed by atoms with van der Waals surface area (Å²) in [5.74, 6) is 0. The molecule has 0 unspecified atom stereocenters. The highest BCUT2D eigenvalue weighted by Gasteiger charge is 2.18. The average Bonchev–Trinajstić information content (AvgIpc) is 2.65. The molecule has 0 bridgehead atoms. The summed E-state index contributed by atoms with van der Waals surface area (Å²) in [6.07, 6.45) is 4.11. The van der Waals surface area contributed by atoms with Gasteiger partial charge in [-0.1, -0.05) is 23.8 Å². The Balaban J connectivity index is 1.95. The van der Waals surface area contributed by atoms with Gasteiger partial charge in [-0.2, -0.15) is 0 Å². The number of benzene rings is 2. The Morgan fingerprint density at radius 3 is 2.33 bits per heavy atom. The van der Waals surface area contributed by atoms with Crippen LogP contribution in [-0.2, 0) is 7.05 Å². The molecular formula is C25H25N2+. The second kappa shape index (κ2) is 6.62. The Bertz CT molecular complexity index is 1160. The average molecular weight is 353 g/mol. The molecule has 0 N–H and O–H groups in total. The van der Waals surface area contributed by atoms with Gasteiger partial charge in [-0.15, -0.1) is 0 Å². The molecule has 134 valence electrons. The summed E-state index contributed by atoms with van der Waals surface area (Å²) in [5.41, 5.74) is 9.95. The minimum atomic E-state index is 1.04. The molecule has 4 aromatic rings. The zero-order chi connectivity index (χ0) is 19.1. The van der Waals surface area contributed by atoms with Crippen molar-refractivity contribution in [2.45, 2.75) is 27.7 Å². The van der Waals surface area contributed by atoms with E-state index in [0.29, 0.717) is 0 Å². The fourth-order valence-corrected chi connectivity index (χ4v) is 3.81. The zero-order valence-electron chi connectivity index (χ0n) is 16.7. The molecule has 2 nitrogen and oxygen atoms in total. The SMILES string of the molecule is Cc1cc(C)c(C)c(-c2c3ccc(-c4ccc(C)nc4)cc3cc[n+]2C)c1. The summed E-state index contributed by atoms with van der Waals surface area (Å²) in [7, 11) is 2.13. The predicted octanol–water partition coefficient (Wildman–Crippen LogP) is 5.63. The second-order valence-electron chi connectivity index (χ2n) is 7.52. The van der Waals surface area contributed by atoms with Gasteiger partial charge in [-0.3, -0.25) is 4.98 Å². The number of aryl methyl sites for hydroxylation is 4. The first-order valence-electron chi connectivity index (χ1n) is 9.37. The van der Waals surface area contributed by atoms with Gasteiger partial charge in [0.05, 0.1) is 10.9 Å². The number of hydrogen-bond donors (Lipinski definition) is 0. The second-order valence-corrected chi connectivity index (χ2v) is 7.52. The third-order valence-electron chi connectivity index (χ3n) is 5.45. The topological polar surface area (TPSA) is 16.8 Å². The maximum atomic E-state index is 4.44. The molecule has 2 heterocycles. The number of pyridine rings is 2. The summed E-state index contributed by atoms with van der Waals surface area (Å²) >= 11 is 0. The van der Waals surface area contributed by atoms with Gasteiger partial charge >= 0.3 is 0 Å². The van der Waals surface area contributed by atoms with Crippen LogP contribution in [0.1, 0.15) is 22.4 Å². The summed E-state index contributed by atoms with van der Waals surface area (Å²) in [5, 5.41) is 2.52. The smallest absolute Gasteiger partial charge is 0.220 e. The van der Waals surface area contributed by atoms with Crippen LogP contribution >= 0.6 is 0 Å². The maximum absolute atomic E-state index is 4.44. The van der Waals surface area contributed by atoms with E-state index in [1.807, 2.05) is 13.1 Å². The van der Waals surface area contributed by atoms with E-state index in [2.05, 4.69) is 92.1 Å². The predicted molar refractivity (Wildman–Crippen MR) is 113 cm³/mol. The summed E-state index contributed by atoms with van der Waals surface area (Å²) in [6.45, 7) is 8.60. The van der Waals surface area contributed by atoms with Gasteiger partial charge in [0.1, 0.15) is 7.05 Å². The lowest BCUT2D eigenvalue weighted by molar-refractivity contribution is -0.659. The van der Waals surface area contributed by atoms with Gasteiger partial charge in [0.15, 0.2) is 6.20 Å². The summed E-state index contributed by atoms with van der Waals surface area (Å²) in [6, 6.07) is 17.7. The van der Waals surface area contributed by atoms with Crippen molar-refractivity contribution >= 4 is 10.8 Å². The first-order valence-corrected chi connectivity index (χ1v) is 9.37. The molecular weight excluding hydrogens is 328 g/mol. The van der Waals surface area contributed by atoms with Crippen molar-refractivity contribution in [2.24, 2.45) is 7.05 Å². The molecule has 2 aromatic carbocycles. The normalized spacial score (nSPS) is 11.1. The van der Waals surface area contributed by atoms with Crippen LogP contribution in [0.4, 0.5) is 0 Å². The van der Waals surface area contributed by atoms with Crippen LogP contribution in [0.5, 0.6) is 0 Å². The minimum absolute atomic E-state index is 1.04. The maximum Gasteiger partial charge on any atom is 0.220 e. The summed E-state index contributed by atoms with van der Waals surface area (Å²) < 4.78 is 2.23. The number of hydrogen-bond acceptors (Lipinski definition) is 1. The van der Waals surface area contributed by atoms with Crippen molar-refractivity contribution in [1.82, 2.24) is 4.98 Å². The van der Waals surface area contributed by atoms with Crippen LogP contribution in [0, 0.1) is 27.7 Å². The largest absolute Gasteiger partial charge is 0.261 e. The molecule has 0 atom stereocenters. The molecule has 0 saturated heterocycles. The Hall–Kier alpha value is -3.00. The highest BCUT2D eigenvalue weighted by atomic mass is 14.9. The Morgan fingerprint density at radius 2 is 1.59 bits per heavy atom. The van der Waals surface area contributed by atoms with Crippen molar-refractivity contribution in [1.29, 1.82) is 0 Å². The highest BCUT2D eigenvalue weighted by molar-refractivity contribution is 5.96. The summed E-state index contributed by atoms with van der Waals surface area (Å²) in [4.78, 5) is 4.44. The molecule has 0 aliphatic heterocycles. The van der Waals surface area contributed by atoms with E-state index in [9.17, 15) is 0 Å². The third kappa shape index (κ3) is 3.12. The van der Waals surface area contributed by atoms with E-state index in [1.165, 1.54) is 44.3 Å². The molecule has 2 heteroatoms. The molecule has 0 radical (unpaired) electrons. The number of aromatic nitrogens is 2. The fraction of sp³-hybridized carbons (Fsp3) is 0.200. The third-order valence-corrected chi connectivity index (χ3v) is 5.45. The first-order chi connectivity index (χ1) is 12.9. The van der Waals surface area contributed by atoms with Crippen LogP contribution in [0.25, 0.3) is 33.2 Å². The van der Waals surface area contributed by atoms with E-state index >= 15 is 0 Å². The van der Waals surface area contributed by atoms with Gasteiger partial charge in [0.25, 0.3) is 0 Å². The molecule has 0 aliphatic rings. The Kier molecular flexibility index (Phi) is 4.27. The van der Waals surface area contributed by atoms with E-state index in [4.69, 9.17) is 0 Å². The molecule has 0 saturated carbocycles. The molecule has 0 spiro atoms. The minimum Gasteiger partial charge on any atom is -0.261 e. The Morgan fingerprint density at radius 1 is 0.815 bits per heavy atom. The van der Waals surface area contributed by atoms with Gasteiger partial charge < -0.3 is 0 Å². The van der Waals surface area contributed by atoms with Gasteiger partial charge in [-0.05, 0) is 74.0 Å². The van der Waals surface area contributed by atoms with E-state index < -0.39 is 0 Å². The lowest BCUT2D eigenvalue weighted by atomic mass is 9.93. The van der Waals surface area contributed by atoms with Crippen molar-refractivity contribution in [3.05, 3.63) is 83.3 Å². The van der Waals surface area contributed by atoms with Gasteiger partial charge in [0.2, 0.25) is 5.69 Å². The lowest BCUT2D eigenvalue weighted by Crippen LogP contribution is -2.30. The van der Waals surface area contributed by atoms with E-state index in [1.54, 1.807) is 0 Å². The first kappa shape index (κ1) is 17.4. The molecule has 0 fully saturated rings. The van der Waals surface area contributed by atoms with Crippen molar-refractivity contribution < 1.29 is 4.57 Å². The molecule has 2 aromatic heterocycles.